The number of ether oxygens (including phenoxy) is 1. The third kappa shape index (κ3) is 1.17. The van der Waals surface area contributed by atoms with Crippen molar-refractivity contribution in [3.8, 4) is 0 Å². The zero-order chi connectivity index (χ0) is 9.54. The van der Waals surface area contributed by atoms with Crippen LogP contribution in [0.4, 0.5) is 0 Å². The quantitative estimate of drug-likeness (QED) is 0.588. The number of hydrogen-bond donors (Lipinski definition) is 0. The van der Waals surface area contributed by atoms with E-state index in [0.29, 0.717) is 17.8 Å². The van der Waals surface area contributed by atoms with Gasteiger partial charge in [0.15, 0.2) is 5.78 Å². The fourth-order valence-electron chi connectivity index (χ4n) is 3.17. The predicted molar refractivity (Wildman–Crippen MR) is 53.0 cm³/mol. The highest BCUT2D eigenvalue weighted by Gasteiger charge is 2.41. The van der Waals surface area contributed by atoms with Crippen LogP contribution in [0.1, 0.15) is 38.5 Å². The van der Waals surface area contributed by atoms with Gasteiger partial charge < -0.3 is 4.74 Å². The average Bonchev–Trinajstić information content (AvgIpc) is 2.59. The zero-order valence-electron chi connectivity index (χ0n) is 8.42. The summed E-state index contributed by atoms with van der Waals surface area (Å²) in [7, 11) is 0. The van der Waals surface area contributed by atoms with E-state index in [1.807, 2.05) is 0 Å². The first-order valence-corrected chi connectivity index (χ1v) is 5.74. The van der Waals surface area contributed by atoms with Gasteiger partial charge in [0.05, 0.1) is 6.10 Å². The highest BCUT2D eigenvalue weighted by Crippen LogP contribution is 2.45. The van der Waals surface area contributed by atoms with Crippen LogP contribution in [0.25, 0.3) is 0 Å². The molecule has 0 spiro atoms. The van der Waals surface area contributed by atoms with E-state index >= 15 is 0 Å². The third-order valence-electron chi connectivity index (χ3n) is 3.82. The highest BCUT2D eigenvalue weighted by molar-refractivity contribution is 5.99. The van der Waals surface area contributed by atoms with Crippen LogP contribution in [-0.2, 0) is 9.53 Å². The van der Waals surface area contributed by atoms with Crippen LogP contribution in [0.3, 0.4) is 0 Å². The molecule has 2 heteroatoms. The Labute approximate surface area is 84.3 Å². The molecule has 2 atom stereocenters. The molecule has 1 fully saturated rings. The largest absolute Gasteiger partial charge is 0.374 e. The Morgan fingerprint density at radius 2 is 2.14 bits per heavy atom. The lowest BCUT2D eigenvalue weighted by Crippen LogP contribution is -2.16. The van der Waals surface area contributed by atoms with Gasteiger partial charge in [-0.15, -0.1) is 0 Å². The number of Topliss-reactive ketones (excluding diaryl/α,β-unsaturated/α-hetero) is 1. The van der Waals surface area contributed by atoms with E-state index in [4.69, 9.17) is 4.74 Å². The minimum atomic E-state index is 0.307. The summed E-state index contributed by atoms with van der Waals surface area (Å²) in [6, 6.07) is 0. The van der Waals surface area contributed by atoms with Gasteiger partial charge >= 0.3 is 0 Å². The predicted octanol–water partition coefficient (Wildman–Crippen LogP) is 2.23. The van der Waals surface area contributed by atoms with Gasteiger partial charge in [-0.1, -0.05) is 0 Å². The molecule has 2 aliphatic carbocycles. The van der Waals surface area contributed by atoms with E-state index in [1.165, 1.54) is 12.0 Å². The Hall–Kier alpha value is -0.630. The van der Waals surface area contributed by atoms with Crippen molar-refractivity contribution in [1.82, 2.24) is 0 Å². The van der Waals surface area contributed by atoms with E-state index in [1.54, 1.807) is 0 Å². The number of ketones is 1. The van der Waals surface area contributed by atoms with Crippen molar-refractivity contribution in [2.75, 3.05) is 6.61 Å². The molecule has 0 N–H and O–H groups in total. The number of carbonyl (C=O) groups is 1. The molecular weight excluding hydrogens is 176 g/mol. The number of hydrogen-bond acceptors (Lipinski definition) is 2. The van der Waals surface area contributed by atoms with Crippen LogP contribution in [0, 0.1) is 5.92 Å². The monoisotopic (exact) mass is 192 g/mol. The molecule has 76 valence electrons. The Bertz CT molecular complexity index is 303. The van der Waals surface area contributed by atoms with Crippen LogP contribution in [0.5, 0.6) is 0 Å². The summed E-state index contributed by atoms with van der Waals surface area (Å²) in [4.78, 5) is 11.7. The molecule has 0 bridgehead atoms. The summed E-state index contributed by atoms with van der Waals surface area (Å²) < 4.78 is 5.83. The first kappa shape index (κ1) is 8.66. The van der Waals surface area contributed by atoms with Gasteiger partial charge in [-0.05, 0) is 49.2 Å². The normalized spacial score (nSPS) is 37.0. The Morgan fingerprint density at radius 1 is 1.21 bits per heavy atom. The maximum absolute atomic E-state index is 11.7. The minimum absolute atomic E-state index is 0.307. The fraction of sp³-hybridized carbons (Fsp3) is 0.750. The molecule has 1 saturated carbocycles. The summed E-state index contributed by atoms with van der Waals surface area (Å²) in [5.41, 5.74) is 2.55. The second-order valence-corrected chi connectivity index (χ2v) is 4.65. The van der Waals surface area contributed by atoms with E-state index in [0.717, 1.165) is 44.3 Å². The van der Waals surface area contributed by atoms with Crippen LogP contribution in [-0.4, -0.2) is 18.5 Å². The highest BCUT2D eigenvalue weighted by atomic mass is 16.5. The SMILES string of the molecule is O=C1C[C@H]2CC[C@@H]3OCCCCC1=C23. The molecule has 0 aromatic heterocycles. The standard InChI is InChI=1S/C12H16O2/c13-10-7-8-4-5-11-12(8)9(10)3-1-2-6-14-11/h8,11H,1-7H2/t8-,11+/m1/s1. The van der Waals surface area contributed by atoms with Gasteiger partial charge in [0, 0.05) is 13.0 Å². The smallest absolute Gasteiger partial charge is 0.159 e. The molecule has 0 aromatic rings. The van der Waals surface area contributed by atoms with Crippen molar-refractivity contribution in [1.29, 1.82) is 0 Å². The lowest BCUT2D eigenvalue weighted by Gasteiger charge is -2.18. The Balaban J connectivity index is 2.00. The van der Waals surface area contributed by atoms with Gasteiger partial charge in [0.25, 0.3) is 0 Å². The van der Waals surface area contributed by atoms with E-state index in [-0.39, 0.29) is 0 Å². The lowest BCUT2D eigenvalue weighted by atomic mass is 9.99. The van der Waals surface area contributed by atoms with E-state index in [2.05, 4.69) is 0 Å². The molecule has 0 unspecified atom stereocenters. The fourth-order valence-corrected chi connectivity index (χ4v) is 3.17. The maximum atomic E-state index is 11.7. The van der Waals surface area contributed by atoms with Crippen LogP contribution in [0.2, 0.25) is 0 Å². The average molecular weight is 192 g/mol. The topological polar surface area (TPSA) is 26.3 Å². The van der Waals surface area contributed by atoms with E-state index in [9.17, 15) is 4.79 Å². The van der Waals surface area contributed by atoms with Gasteiger partial charge in [0.2, 0.25) is 0 Å². The first-order valence-electron chi connectivity index (χ1n) is 5.74. The van der Waals surface area contributed by atoms with Crippen molar-refractivity contribution >= 4 is 5.78 Å². The molecule has 3 rings (SSSR count). The molecule has 0 radical (unpaired) electrons. The van der Waals surface area contributed by atoms with Crippen molar-refractivity contribution in [3.63, 3.8) is 0 Å². The third-order valence-corrected chi connectivity index (χ3v) is 3.82. The second kappa shape index (κ2) is 3.20. The number of allylic oxidation sites excluding steroid dienone is 1. The van der Waals surface area contributed by atoms with Crippen LogP contribution < -0.4 is 0 Å². The summed E-state index contributed by atoms with van der Waals surface area (Å²) in [6.45, 7) is 0.891. The molecule has 3 aliphatic rings. The summed E-state index contributed by atoms with van der Waals surface area (Å²) in [6.07, 6.45) is 6.68. The molecule has 2 nitrogen and oxygen atoms in total. The second-order valence-electron chi connectivity index (χ2n) is 4.65. The van der Waals surface area contributed by atoms with Crippen molar-refractivity contribution in [2.24, 2.45) is 5.92 Å². The number of rotatable bonds is 0. The maximum Gasteiger partial charge on any atom is 0.159 e. The minimum Gasteiger partial charge on any atom is -0.374 e. The number of carbonyl (C=O) groups excluding carboxylic acids is 1. The van der Waals surface area contributed by atoms with Crippen LogP contribution in [0.15, 0.2) is 11.1 Å². The van der Waals surface area contributed by atoms with Crippen LogP contribution >= 0.6 is 0 Å². The zero-order valence-corrected chi connectivity index (χ0v) is 8.42. The molecule has 0 amide bonds. The molecule has 0 saturated heterocycles. The van der Waals surface area contributed by atoms with Crippen molar-refractivity contribution in [2.45, 2.75) is 44.6 Å². The molecule has 1 heterocycles. The Morgan fingerprint density at radius 3 is 3.07 bits per heavy atom. The van der Waals surface area contributed by atoms with Crippen molar-refractivity contribution in [3.05, 3.63) is 11.1 Å². The first-order chi connectivity index (χ1) is 6.86. The van der Waals surface area contributed by atoms with Gasteiger partial charge in [-0.25, -0.2) is 0 Å². The van der Waals surface area contributed by atoms with Gasteiger partial charge in [0.1, 0.15) is 0 Å². The molecule has 14 heavy (non-hydrogen) atoms. The van der Waals surface area contributed by atoms with E-state index < -0.39 is 0 Å². The molecule has 1 aliphatic heterocycles. The molecular formula is C12H16O2. The Kier molecular flexibility index (Phi) is 1.98. The summed E-state index contributed by atoms with van der Waals surface area (Å²) >= 11 is 0. The summed E-state index contributed by atoms with van der Waals surface area (Å²) in [5, 5.41) is 0. The van der Waals surface area contributed by atoms with Crippen molar-refractivity contribution < 1.29 is 9.53 Å². The molecule has 0 aromatic carbocycles. The van der Waals surface area contributed by atoms with Gasteiger partial charge in [-0.3, -0.25) is 4.79 Å². The summed E-state index contributed by atoms with van der Waals surface area (Å²) in [5.74, 6) is 0.973. The van der Waals surface area contributed by atoms with Gasteiger partial charge in [-0.2, -0.15) is 0 Å². The lowest BCUT2D eigenvalue weighted by molar-refractivity contribution is -0.115.